The lowest BCUT2D eigenvalue weighted by Gasteiger charge is -2.21. The number of nitrogens with one attached hydrogen (secondary N) is 3. The Morgan fingerprint density at radius 2 is 1.67 bits per heavy atom. The number of alkyl carbamates (subject to hydrolysis) is 1. The van der Waals surface area contributed by atoms with E-state index >= 15 is 0 Å². The summed E-state index contributed by atoms with van der Waals surface area (Å²) in [6.07, 6.45) is 0.117. The van der Waals surface area contributed by atoms with Crippen LogP contribution in [0.2, 0.25) is 0 Å². The number of phenolic OH excluding ortho intramolecular Hbond substituents is 1. The largest absolute Gasteiger partial charge is 0.508 e. The number of hydrogen-bond acceptors (Lipinski definition) is 6. The number of hydrogen-bond donors (Lipinski definition) is 4. The number of carbonyl (C=O) groups is 2. The van der Waals surface area contributed by atoms with Crippen LogP contribution in [0.4, 0.5) is 19.7 Å². The number of aryl methyl sites for hydroxylation is 1. The van der Waals surface area contributed by atoms with Gasteiger partial charge in [0.2, 0.25) is 0 Å². The van der Waals surface area contributed by atoms with Crippen LogP contribution in [0.25, 0.3) is 0 Å². The molecule has 9 heteroatoms. The van der Waals surface area contributed by atoms with Crippen molar-refractivity contribution in [2.75, 3.05) is 11.9 Å². The Morgan fingerprint density at radius 3 is 2.36 bits per heavy atom. The highest BCUT2D eigenvalue weighted by Gasteiger charge is 2.19. The summed E-state index contributed by atoms with van der Waals surface area (Å²) in [5.41, 5.74) is 2.15. The molecule has 0 heterocycles. The van der Waals surface area contributed by atoms with E-state index in [1.165, 1.54) is 24.3 Å². The van der Waals surface area contributed by atoms with Gasteiger partial charge < -0.3 is 25.2 Å². The molecule has 0 aliphatic heterocycles. The van der Waals surface area contributed by atoms with Gasteiger partial charge in [0.15, 0.2) is 0 Å². The van der Waals surface area contributed by atoms with Crippen LogP contribution in [0.1, 0.15) is 43.9 Å². The van der Waals surface area contributed by atoms with E-state index in [-0.39, 0.29) is 29.9 Å². The maximum Gasteiger partial charge on any atom is 0.412 e. The highest BCUT2D eigenvalue weighted by atomic mass is 19.1. The van der Waals surface area contributed by atoms with Crippen molar-refractivity contribution in [3.8, 4) is 5.75 Å². The monoisotopic (exact) mass is 537 g/mol. The van der Waals surface area contributed by atoms with E-state index in [0.717, 1.165) is 17.5 Å². The Morgan fingerprint density at radius 1 is 0.949 bits per heavy atom. The number of carbonyl (C=O) groups excluding carboxylic acids is 2. The van der Waals surface area contributed by atoms with E-state index in [1.54, 1.807) is 39.0 Å². The molecule has 0 aromatic heterocycles. The van der Waals surface area contributed by atoms with E-state index < -0.39 is 17.8 Å². The van der Waals surface area contributed by atoms with Crippen LogP contribution < -0.4 is 16.0 Å². The van der Waals surface area contributed by atoms with Gasteiger partial charge in [0.05, 0.1) is 5.69 Å². The molecular formula is C30H36FN3O5. The first-order valence-corrected chi connectivity index (χ1v) is 12.8. The molecule has 2 amide bonds. The first kappa shape index (κ1) is 29.4. The molecule has 0 aliphatic carbocycles. The molecule has 8 nitrogen and oxygen atoms in total. The number of anilines is 1. The molecule has 0 saturated heterocycles. The van der Waals surface area contributed by atoms with Gasteiger partial charge in [-0.3, -0.25) is 5.32 Å². The van der Waals surface area contributed by atoms with Gasteiger partial charge in [0, 0.05) is 30.8 Å². The van der Waals surface area contributed by atoms with E-state index in [4.69, 9.17) is 9.47 Å². The van der Waals surface area contributed by atoms with Gasteiger partial charge in [-0.2, -0.15) is 0 Å². The minimum atomic E-state index is -0.697. The fourth-order valence-corrected chi connectivity index (χ4v) is 3.78. The topological polar surface area (TPSA) is 109 Å². The van der Waals surface area contributed by atoms with E-state index in [2.05, 4.69) is 16.0 Å². The third-order valence-corrected chi connectivity index (χ3v) is 5.67. The van der Waals surface area contributed by atoms with Gasteiger partial charge in [-0.05, 0) is 69.0 Å². The standard InChI is InChI=1S/C30H36FN3O5/c1-30(2,3)39-29(37)34-27-17-26(35)16-12-23(27)20-38-28(36)33-25(15-11-21-7-5-4-6-8-21)19-32-18-22-9-13-24(31)14-10-22/h4-10,12-14,16-17,25,32,35H,11,15,18-20H2,1-3H3,(H,33,36)(H,34,37)/t25-/m0/s1. The molecule has 3 aromatic rings. The SMILES string of the molecule is CC(C)(C)OC(=O)Nc1cc(O)ccc1COC(=O)N[C@@H](CCc1ccccc1)CNCc1ccc(F)cc1. The normalized spacial score (nSPS) is 11.9. The Hall–Kier alpha value is -4.11. The van der Waals surface area contributed by atoms with Gasteiger partial charge in [0.1, 0.15) is 23.8 Å². The maximum absolute atomic E-state index is 13.2. The minimum Gasteiger partial charge on any atom is -0.508 e. The number of amides is 2. The quantitative estimate of drug-likeness (QED) is 0.243. The first-order chi connectivity index (χ1) is 18.6. The zero-order valence-corrected chi connectivity index (χ0v) is 22.5. The van der Waals surface area contributed by atoms with Crippen molar-refractivity contribution < 1.29 is 28.6 Å². The number of phenols is 1. The molecule has 208 valence electrons. The summed E-state index contributed by atoms with van der Waals surface area (Å²) in [5.74, 6) is -0.343. The molecule has 0 aliphatic rings. The predicted octanol–water partition coefficient (Wildman–Crippen LogP) is 5.90. The molecule has 4 N–H and O–H groups in total. The molecule has 0 saturated carbocycles. The Kier molecular flexibility index (Phi) is 10.7. The molecule has 0 spiro atoms. The van der Waals surface area contributed by atoms with Crippen molar-refractivity contribution in [3.05, 3.63) is 95.3 Å². The van der Waals surface area contributed by atoms with Gasteiger partial charge in [-0.1, -0.05) is 42.5 Å². The van der Waals surface area contributed by atoms with Crippen molar-refractivity contribution in [2.45, 2.75) is 58.4 Å². The average Bonchev–Trinajstić information content (AvgIpc) is 2.87. The fourth-order valence-electron chi connectivity index (χ4n) is 3.78. The first-order valence-electron chi connectivity index (χ1n) is 12.8. The second-order valence-electron chi connectivity index (χ2n) is 10.2. The van der Waals surface area contributed by atoms with Crippen LogP contribution >= 0.6 is 0 Å². The molecule has 3 rings (SSSR count). The molecule has 0 bridgehead atoms. The average molecular weight is 538 g/mol. The summed E-state index contributed by atoms with van der Waals surface area (Å²) in [6.45, 7) is 6.09. The number of rotatable bonds is 11. The summed E-state index contributed by atoms with van der Waals surface area (Å²) >= 11 is 0. The van der Waals surface area contributed by atoms with Crippen LogP contribution in [0.3, 0.4) is 0 Å². The molecule has 3 aromatic carbocycles. The van der Waals surface area contributed by atoms with E-state index in [9.17, 15) is 19.1 Å². The maximum atomic E-state index is 13.2. The van der Waals surface area contributed by atoms with Crippen molar-refractivity contribution in [1.29, 1.82) is 0 Å². The second-order valence-corrected chi connectivity index (χ2v) is 10.2. The van der Waals surface area contributed by atoms with Gasteiger partial charge in [0.25, 0.3) is 0 Å². The molecule has 1 atom stereocenters. The van der Waals surface area contributed by atoms with E-state index in [0.29, 0.717) is 25.1 Å². The van der Waals surface area contributed by atoms with Gasteiger partial charge >= 0.3 is 12.2 Å². The summed E-state index contributed by atoms with van der Waals surface area (Å²) in [6, 6.07) is 20.3. The molecule has 0 fully saturated rings. The van der Waals surface area contributed by atoms with Crippen LogP contribution in [0.15, 0.2) is 72.8 Å². The highest BCUT2D eigenvalue weighted by molar-refractivity contribution is 5.86. The Balaban J connectivity index is 1.58. The van der Waals surface area contributed by atoms with Crippen molar-refractivity contribution in [1.82, 2.24) is 10.6 Å². The molecule has 39 heavy (non-hydrogen) atoms. The van der Waals surface area contributed by atoms with Crippen LogP contribution in [-0.2, 0) is 29.0 Å². The number of aromatic hydroxyl groups is 1. The van der Waals surface area contributed by atoms with Crippen molar-refractivity contribution >= 4 is 17.9 Å². The summed E-state index contributed by atoms with van der Waals surface area (Å²) in [5, 5.41) is 18.7. The zero-order chi connectivity index (χ0) is 28.3. The van der Waals surface area contributed by atoms with Crippen LogP contribution in [-0.4, -0.2) is 35.5 Å². The lowest BCUT2D eigenvalue weighted by atomic mass is 10.1. The van der Waals surface area contributed by atoms with Crippen molar-refractivity contribution in [3.63, 3.8) is 0 Å². The number of ether oxygens (including phenoxy) is 2. The van der Waals surface area contributed by atoms with Gasteiger partial charge in [-0.25, -0.2) is 14.0 Å². The lowest BCUT2D eigenvalue weighted by molar-refractivity contribution is 0.0635. The third-order valence-electron chi connectivity index (χ3n) is 5.67. The lowest BCUT2D eigenvalue weighted by Crippen LogP contribution is -2.42. The number of halogens is 1. The fraction of sp³-hybridized carbons (Fsp3) is 0.333. The predicted molar refractivity (Wildman–Crippen MR) is 148 cm³/mol. The van der Waals surface area contributed by atoms with Crippen molar-refractivity contribution in [2.24, 2.45) is 0 Å². The zero-order valence-electron chi connectivity index (χ0n) is 22.5. The van der Waals surface area contributed by atoms with Crippen LogP contribution in [0, 0.1) is 5.82 Å². The van der Waals surface area contributed by atoms with E-state index in [1.807, 2.05) is 30.3 Å². The molecule has 0 unspecified atom stereocenters. The molecular weight excluding hydrogens is 501 g/mol. The highest BCUT2D eigenvalue weighted by Crippen LogP contribution is 2.23. The summed E-state index contributed by atoms with van der Waals surface area (Å²) < 4.78 is 23.9. The summed E-state index contributed by atoms with van der Waals surface area (Å²) in [7, 11) is 0. The minimum absolute atomic E-state index is 0.0533. The number of benzene rings is 3. The Labute approximate surface area is 228 Å². The second kappa shape index (κ2) is 14.2. The Bertz CT molecular complexity index is 1210. The smallest absolute Gasteiger partial charge is 0.412 e. The van der Waals surface area contributed by atoms with Gasteiger partial charge in [-0.15, -0.1) is 0 Å². The molecule has 0 radical (unpaired) electrons. The van der Waals surface area contributed by atoms with Crippen LogP contribution in [0.5, 0.6) is 5.75 Å². The third kappa shape index (κ3) is 11.0. The summed E-state index contributed by atoms with van der Waals surface area (Å²) in [4.78, 5) is 25.0.